The van der Waals surface area contributed by atoms with Crippen molar-refractivity contribution in [2.24, 2.45) is 17.8 Å². The molecule has 2 bridgehead atoms. The highest BCUT2D eigenvalue weighted by atomic mass is 35.5. The highest BCUT2D eigenvalue weighted by Gasteiger charge is 2.77. The van der Waals surface area contributed by atoms with Gasteiger partial charge in [0.15, 0.2) is 0 Å². The van der Waals surface area contributed by atoms with Crippen LogP contribution < -0.4 is 4.90 Å². The van der Waals surface area contributed by atoms with Gasteiger partial charge in [0.25, 0.3) is 5.91 Å². The molecule has 1 spiro atoms. The van der Waals surface area contributed by atoms with Crippen molar-refractivity contribution in [1.29, 1.82) is 0 Å². The minimum atomic E-state index is -0.935. The second kappa shape index (κ2) is 11.9. The lowest BCUT2D eigenvalue weighted by atomic mass is 9.65. The van der Waals surface area contributed by atoms with E-state index in [0.717, 1.165) is 11.1 Å². The molecule has 222 valence electrons. The molecule has 3 fully saturated rings. The predicted molar refractivity (Wildman–Crippen MR) is 168 cm³/mol. The van der Waals surface area contributed by atoms with Gasteiger partial charge in [0.2, 0.25) is 11.8 Å². The summed E-state index contributed by atoms with van der Waals surface area (Å²) in [5, 5.41) is 11.1. The number of hydrogen-bond donors (Lipinski definition) is 1. The predicted octanol–water partition coefficient (Wildman–Crippen LogP) is 4.88. The van der Waals surface area contributed by atoms with E-state index >= 15 is 4.79 Å². The second-order valence-corrected chi connectivity index (χ2v) is 13.5. The Labute approximate surface area is 257 Å². The van der Waals surface area contributed by atoms with Gasteiger partial charge in [-0.3, -0.25) is 14.4 Å². The largest absolute Gasteiger partial charge is 0.394 e. The van der Waals surface area contributed by atoms with Gasteiger partial charge in [-0.2, -0.15) is 0 Å². The summed E-state index contributed by atoms with van der Waals surface area (Å²) < 4.78 is -0.856. The number of anilines is 1. The third-order valence-corrected chi connectivity index (χ3v) is 11.6. The molecule has 3 unspecified atom stereocenters. The van der Waals surface area contributed by atoms with Gasteiger partial charge < -0.3 is 19.8 Å². The molecule has 0 radical (unpaired) electrons. The molecule has 7 nitrogen and oxygen atoms in total. The number of hydrogen-bond acceptors (Lipinski definition) is 5. The number of likely N-dealkylation sites (tertiary alicyclic amines) is 1. The number of carbonyl (C=O) groups excluding carboxylic acids is 3. The zero-order chi connectivity index (χ0) is 30.3. The van der Waals surface area contributed by atoms with Crippen LogP contribution in [0.4, 0.5) is 5.69 Å². The molecule has 3 aliphatic heterocycles. The number of aliphatic hydroxyl groups excluding tert-OH is 1. The number of rotatable bonds is 10. The molecule has 3 heterocycles. The van der Waals surface area contributed by atoms with E-state index in [-0.39, 0.29) is 42.0 Å². The standard InChI is InChI=1S/C33H38ClN3O4S/c1-6-16-35(5)30(39)26-25-18-21(4)33(42-25)27(26)31(40)37(24(19-38)22-13-9-8-10-14-22)29(33)32(41)36(17-7-2)28-20(3)12-11-15-23(28)34/h6-15,21,24-27,29,38H,1-2,16-19H2,3-5H3/t21?,24-,25-,26+,27+,29?,33?/m1/s1. The number of aryl methyl sites for hydroxylation is 1. The summed E-state index contributed by atoms with van der Waals surface area (Å²) in [5.41, 5.74) is 2.12. The van der Waals surface area contributed by atoms with Crippen LogP contribution in [0.25, 0.3) is 0 Å². The van der Waals surface area contributed by atoms with Crippen molar-refractivity contribution in [2.75, 3.05) is 31.6 Å². The summed E-state index contributed by atoms with van der Waals surface area (Å²) in [4.78, 5) is 48.5. The summed E-state index contributed by atoms with van der Waals surface area (Å²) in [6, 6.07) is 13.1. The van der Waals surface area contributed by atoms with Gasteiger partial charge in [-0.1, -0.05) is 73.1 Å². The van der Waals surface area contributed by atoms with Gasteiger partial charge in [-0.15, -0.1) is 24.9 Å². The molecule has 0 aliphatic carbocycles. The molecule has 7 atom stereocenters. The Kier molecular flexibility index (Phi) is 8.61. The van der Waals surface area contributed by atoms with Gasteiger partial charge in [-0.25, -0.2) is 0 Å². The number of para-hydroxylation sites is 1. The number of likely N-dealkylation sites (N-methyl/N-ethyl adjacent to an activating group) is 1. The Morgan fingerprint density at radius 2 is 1.83 bits per heavy atom. The molecule has 2 aromatic carbocycles. The number of fused-ring (bicyclic) bond motifs is 1. The highest BCUT2D eigenvalue weighted by Crippen LogP contribution is 2.69. The van der Waals surface area contributed by atoms with Crippen LogP contribution in [0.1, 0.15) is 30.5 Å². The Hall–Kier alpha value is -3.07. The smallest absolute Gasteiger partial charge is 0.251 e. The van der Waals surface area contributed by atoms with Gasteiger partial charge in [0.1, 0.15) is 6.04 Å². The van der Waals surface area contributed by atoms with E-state index in [1.54, 1.807) is 51.7 Å². The first-order valence-electron chi connectivity index (χ1n) is 14.3. The number of halogens is 1. The maximum Gasteiger partial charge on any atom is 0.251 e. The number of benzene rings is 2. The van der Waals surface area contributed by atoms with E-state index in [0.29, 0.717) is 23.7 Å². The minimum absolute atomic E-state index is 0.0257. The molecular formula is C33H38ClN3O4S. The third kappa shape index (κ3) is 4.59. The monoisotopic (exact) mass is 607 g/mol. The van der Waals surface area contributed by atoms with Crippen molar-refractivity contribution < 1.29 is 19.5 Å². The molecule has 3 amide bonds. The molecule has 0 aromatic heterocycles. The lowest BCUT2D eigenvalue weighted by Gasteiger charge is -2.42. The Morgan fingerprint density at radius 1 is 1.14 bits per heavy atom. The molecular weight excluding hydrogens is 570 g/mol. The SMILES string of the molecule is C=CCN(C)C(=O)[C@@H]1[C@H]2C(=O)N([C@H](CO)c3ccccc3)C(C(=O)N(CC=C)c3c(C)cccc3Cl)C23S[C@@H]1CC3C. The third-order valence-electron chi connectivity index (χ3n) is 9.21. The lowest BCUT2D eigenvalue weighted by molar-refractivity contribution is -0.145. The van der Waals surface area contributed by atoms with Crippen molar-refractivity contribution in [1.82, 2.24) is 9.80 Å². The number of aliphatic hydroxyl groups is 1. The summed E-state index contributed by atoms with van der Waals surface area (Å²) in [5.74, 6) is -1.98. The van der Waals surface area contributed by atoms with Crippen LogP contribution in [0.3, 0.4) is 0 Å². The highest BCUT2D eigenvalue weighted by molar-refractivity contribution is 8.02. The fraction of sp³-hybridized carbons (Fsp3) is 0.424. The minimum Gasteiger partial charge on any atom is -0.394 e. The lowest BCUT2D eigenvalue weighted by Crippen LogP contribution is -2.58. The Balaban J connectivity index is 1.70. The van der Waals surface area contributed by atoms with Crippen molar-refractivity contribution >= 4 is 46.8 Å². The zero-order valence-corrected chi connectivity index (χ0v) is 25.9. The fourth-order valence-corrected chi connectivity index (χ4v) is 10.2. The molecule has 3 saturated heterocycles. The number of nitrogens with zero attached hydrogens (tertiary/aromatic N) is 3. The molecule has 9 heteroatoms. The first kappa shape index (κ1) is 30.4. The zero-order valence-electron chi connectivity index (χ0n) is 24.3. The maximum atomic E-state index is 15.1. The normalized spacial score (nSPS) is 28.4. The van der Waals surface area contributed by atoms with E-state index < -0.39 is 28.7 Å². The van der Waals surface area contributed by atoms with Gasteiger partial charge in [-0.05, 0) is 36.5 Å². The summed E-state index contributed by atoms with van der Waals surface area (Å²) in [7, 11) is 1.73. The van der Waals surface area contributed by atoms with Crippen LogP contribution in [0.5, 0.6) is 0 Å². The van der Waals surface area contributed by atoms with Crippen molar-refractivity contribution in [3.05, 3.63) is 90.0 Å². The molecule has 3 aliphatic rings. The van der Waals surface area contributed by atoms with Crippen molar-refractivity contribution in [3.63, 3.8) is 0 Å². The second-order valence-electron chi connectivity index (χ2n) is 11.6. The van der Waals surface area contributed by atoms with Gasteiger partial charge in [0.05, 0.1) is 39.9 Å². The van der Waals surface area contributed by atoms with Crippen LogP contribution in [0.2, 0.25) is 5.02 Å². The van der Waals surface area contributed by atoms with E-state index in [2.05, 4.69) is 20.1 Å². The van der Waals surface area contributed by atoms with Crippen LogP contribution in [0, 0.1) is 24.7 Å². The fourth-order valence-electron chi connectivity index (χ4n) is 7.46. The molecule has 42 heavy (non-hydrogen) atoms. The van der Waals surface area contributed by atoms with E-state index in [4.69, 9.17) is 11.6 Å². The van der Waals surface area contributed by atoms with Crippen LogP contribution in [0.15, 0.2) is 73.8 Å². The quantitative estimate of drug-likeness (QED) is 0.389. The molecule has 1 N–H and O–H groups in total. The molecule has 2 aromatic rings. The number of carbonyl (C=O) groups is 3. The Bertz CT molecular complexity index is 1380. The summed E-state index contributed by atoms with van der Waals surface area (Å²) in [6.07, 6.45) is 4.03. The van der Waals surface area contributed by atoms with Gasteiger partial charge in [0, 0.05) is 25.4 Å². The van der Waals surface area contributed by atoms with E-state index in [1.165, 1.54) is 0 Å². The topological polar surface area (TPSA) is 81.2 Å². The summed E-state index contributed by atoms with van der Waals surface area (Å²) >= 11 is 8.31. The van der Waals surface area contributed by atoms with Crippen LogP contribution in [-0.2, 0) is 14.4 Å². The number of amides is 3. The average molecular weight is 608 g/mol. The van der Waals surface area contributed by atoms with Crippen molar-refractivity contribution in [3.8, 4) is 0 Å². The van der Waals surface area contributed by atoms with Gasteiger partial charge >= 0.3 is 0 Å². The first-order chi connectivity index (χ1) is 20.1. The first-order valence-corrected chi connectivity index (χ1v) is 15.6. The number of thioether (sulfide) groups is 1. The van der Waals surface area contributed by atoms with E-state index in [9.17, 15) is 14.7 Å². The molecule has 5 rings (SSSR count). The van der Waals surface area contributed by atoms with Crippen LogP contribution in [-0.4, -0.2) is 75.4 Å². The van der Waals surface area contributed by atoms with E-state index in [1.807, 2.05) is 49.4 Å². The summed E-state index contributed by atoms with van der Waals surface area (Å²) in [6.45, 7) is 11.8. The van der Waals surface area contributed by atoms with Crippen molar-refractivity contribution in [2.45, 2.75) is 42.3 Å². The maximum absolute atomic E-state index is 15.1. The van der Waals surface area contributed by atoms with Crippen LogP contribution >= 0.6 is 23.4 Å². The average Bonchev–Trinajstić information content (AvgIpc) is 3.57. The Morgan fingerprint density at radius 3 is 2.45 bits per heavy atom. The molecule has 0 saturated carbocycles.